The molecule has 0 aliphatic carbocycles. The predicted molar refractivity (Wildman–Crippen MR) is 48.7 cm³/mol. The third kappa shape index (κ3) is 7.11. The Balaban J connectivity index is 0.000000292. The van der Waals surface area contributed by atoms with Crippen LogP contribution in [0.3, 0.4) is 0 Å². The van der Waals surface area contributed by atoms with Crippen molar-refractivity contribution in [1.29, 1.82) is 0 Å². The van der Waals surface area contributed by atoms with Crippen LogP contribution in [-0.2, 0) is 13.2 Å². The van der Waals surface area contributed by atoms with E-state index in [4.69, 9.17) is 0 Å². The topological polar surface area (TPSA) is 0 Å². The van der Waals surface area contributed by atoms with Gasteiger partial charge in [-0.05, 0) is 24.6 Å². The van der Waals surface area contributed by atoms with E-state index in [1.165, 1.54) is 12.1 Å². The molecule has 1 rings (SSSR count). The van der Waals surface area contributed by atoms with Crippen LogP contribution in [0.4, 0.5) is 4.39 Å². The first-order chi connectivity index (χ1) is 5.20. The van der Waals surface area contributed by atoms with Crippen LogP contribution in [-0.4, -0.2) is 0 Å². The zero-order valence-corrected chi connectivity index (χ0v) is 12.0. The van der Waals surface area contributed by atoms with E-state index in [1.54, 1.807) is 12.1 Å². The molecule has 4 heteroatoms. The van der Waals surface area contributed by atoms with Gasteiger partial charge in [0.2, 0.25) is 0 Å². The van der Waals surface area contributed by atoms with Crippen molar-refractivity contribution in [3.05, 3.63) is 42.6 Å². The summed E-state index contributed by atoms with van der Waals surface area (Å²) < 4.78 is 12.1. The molecule has 0 N–H and O–H groups in total. The third-order valence-corrected chi connectivity index (χ3v) is 0.889. The van der Waals surface area contributed by atoms with Crippen molar-refractivity contribution in [3.63, 3.8) is 0 Å². The van der Waals surface area contributed by atoms with E-state index in [2.05, 4.69) is 34.2 Å². The van der Waals surface area contributed by atoms with Crippen molar-refractivity contribution >= 4 is 27.2 Å². The predicted octanol–water partition coefficient (Wildman–Crippen LogP) is 3.70. The molecular weight excluding hydrogens is 328 g/mol. The second-order valence-electron chi connectivity index (χ2n) is 1.73. The van der Waals surface area contributed by atoms with Gasteiger partial charge < -0.3 is 0 Å². The normalized spacial score (nSPS) is 7.64. The Morgan fingerprint density at radius 1 is 1.36 bits per heavy atom. The van der Waals surface area contributed by atoms with Crippen LogP contribution in [0, 0.1) is 12.7 Å². The van der Waals surface area contributed by atoms with Crippen LogP contribution in [0.15, 0.2) is 24.3 Å². The quantitative estimate of drug-likeness (QED) is 0.635. The van der Waals surface area contributed by atoms with Crippen molar-refractivity contribution in [2.75, 3.05) is 0 Å². The van der Waals surface area contributed by atoms with E-state index in [0.717, 1.165) is 0 Å². The maximum absolute atomic E-state index is 12.1. The van der Waals surface area contributed by atoms with Crippen LogP contribution in [0.1, 0.15) is 5.56 Å². The standard InChI is InChI=1S/C7H6F.2BrH.Zn/c1-6-3-2-4-7(8)5-6;;;/h2-5H,1H2;2*1H;/q;;;+2/p-2. The summed E-state index contributed by atoms with van der Waals surface area (Å²) in [6.45, 7) is 3.54. The first-order valence-electron chi connectivity index (χ1n) is 2.90. The number of rotatable bonds is 0. The minimum Gasteiger partial charge on any atom is -0.207 e. The smallest absolute Gasteiger partial charge is 0.123 e. The van der Waals surface area contributed by atoms with Gasteiger partial charge >= 0.3 is 40.5 Å². The van der Waals surface area contributed by atoms with Gasteiger partial charge in [0.15, 0.2) is 0 Å². The second kappa shape index (κ2) is 7.39. The Bertz CT molecular complexity index is 188. The molecule has 0 heterocycles. The summed E-state index contributed by atoms with van der Waals surface area (Å²) in [5.41, 5.74) is 0.713. The molecule has 0 bridgehead atoms. The molecule has 0 saturated heterocycles. The van der Waals surface area contributed by atoms with Crippen LogP contribution in [0.25, 0.3) is 0 Å². The average Bonchev–Trinajstić information content (AvgIpc) is 1.88. The molecule has 11 heavy (non-hydrogen) atoms. The number of hydrogen-bond donors (Lipinski definition) is 0. The molecule has 0 atom stereocenters. The van der Waals surface area contributed by atoms with E-state index >= 15 is 0 Å². The van der Waals surface area contributed by atoms with Crippen LogP contribution < -0.4 is 0 Å². The van der Waals surface area contributed by atoms with E-state index in [1.807, 2.05) is 0 Å². The molecule has 0 aliphatic heterocycles. The summed E-state index contributed by atoms with van der Waals surface area (Å²) >= 11 is 6.25. The number of halogens is 3. The van der Waals surface area contributed by atoms with E-state index in [-0.39, 0.29) is 19.0 Å². The third-order valence-electron chi connectivity index (χ3n) is 0.889. The molecule has 57 valence electrons. The number of benzene rings is 1. The zero-order valence-electron chi connectivity index (χ0n) is 5.86. The molecule has 0 spiro atoms. The minimum atomic E-state index is -0.250. The van der Waals surface area contributed by atoms with Crippen LogP contribution in [0.5, 0.6) is 0 Å². The van der Waals surface area contributed by atoms with E-state index in [9.17, 15) is 4.39 Å². The first kappa shape index (κ1) is 11.7. The summed E-state index contributed by atoms with van der Waals surface area (Å²) in [5.74, 6) is -0.225. The molecule has 1 aromatic rings. The summed E-state index contributed by atoms with van der Waals surface area (Å²) in [6.07, 6.45) is 0. The summed E-state index contributed by atoms with van der Waals surface area (Å²) in [5, 5.41) is 0. The Hall–Kier alpha value is 0.733. The van der Waals surface area contributed by atoms with Gasteiger partial charge in [-0.3, -0.25) is 0 Å². The molecule has 0 amide bonds. The van der Waals surface area contributed by atoms with Gasteiger partial charge in [-0.1, -0.05) is 12.1 Å². The summed E-state index contributed by atoms with van der Waals surface area (Å²) in [4.78, 5) is 0. The number of hydrogen-bond acceptors (Lipinski definition) is 0. The average molecular weight is 334 g/mol. The Labute approximate surface area is 86.9 Å². The van der Waals surface area contributed by atoms with Crippen LogP contribution >= 0.6 is 27.2 Å². The van der Waals surface area contributed by atoms with E-state index in [0.29, 0.717) is 5.56 Å². The molecule has 0 nitrogen and oxygen atoms in total. The summed E-state index contributed by atoms with van der Waals surface area (Å²) in [6, 6.07) is 6.18. The molecule has 0 aliphatic rings. The van der Waals surface area contributed by atoms with Crippen molar-refractivity contribution < 1.29 is 17.6 Å². The van der Waals surface area contributed by atoms with Gasteiger partial charge in [0.05, 0.1) is 0 Å². The summed E-state index contributed by atoms with van der Waals surface area (Å²) in [7, 11) is 0. The Kier molecular flexibility index (Phi) is 7.88. The van der Waals surface area contributed by atoms with Gasteiger partial charge in [0.1, 0.15) is 5.82 Å². The van der Waals surface area contributed by atoms with Gasteiger partial charge in [-0.15, -0.1) is 0 Å². The van der Waals surface area contributed by atoms with E-state index < -0.39 is 0 Å². The van der Waals surface area contributed by atoms with Gasteiger partial charge in [0.25, 0.3) is 0 Å². The fourth-order valence-corrected chi connectivity index (χ4v) is 0.537. The monoisotopic (exact) mass is 331 g/mol. The maximum atomic E-state index is 12.1. The fraction of sp³-hybridized carbons (Fsp3) is 0. The molecule has 0 aromatic heterocycles. The van der Waals surface area contributed by atoms with Crippen molar-refractivity contribution in [1.82, 2.24) is 0 Å². The molecule has 1 aromatic carbocycles. The maximum Gasteiger partial charge on any atom is 0.123 e. The van der Waals surface area contributed by atoms with Crippen molar-refractivity contribution in [2.45, 2.75) is 0 Å². The Morgan fingerprint density at radius 2 is 1.91 bits per heavy atom. The SMILES string of the molecule is [Br][Zn][Br].[CH2]c1cccc(F)c1. The molecule has 0 unspecified atom stereocenters. The van der Waals surface area contributed by atoms with Gasteiger partial charge in [0, 0.05) is 0 Å². The van der Waals surface area contributed by atoms with Crippen LogP contribution in [0.2, 0.25) is 0 Å². The molecule has 0 saturated carbocycles. The fourth-order valence-electron chi connectivity index (χ4n) is 0.537. The van der Waals surface area contributed by atoms with Gasteiger partial charge in [-0.25, -0.2) is 4.39 Å². The zero-order chi connectivity index (χ0) is 8.69. The van der Waals surface area contributed by atoms with Gasteiger partial charge in [-0.2, -0.15) is 0 Å². The first-order valence-corrected chi connectivity index (χ1v) is 16.8. The molecular formula is C7H6Br2FZn. The van der Waals surface area contributed by atoms with Crippen molar-refractivity contribution in [3.8, 4) is 0 Å². The largest absolute Gasteiger partial charge is 0.207 e. The van der Waals surface area contributed by atoms with Crippen molar-refractivity contribution in [2.24, 2.45) is 0 Å². The molecule has 0 fully saturated rings. The second-order valence-corrected chi connectivity index (χ2v) is 15.8. The molecule has 1 radical (unpaired) electrons. The minimum absolute atomic E-state index is 0.225. The Morgan fingerprint density at radius 3 is 2.18 bits per heavy atom.